The fourth-order valence-corrected chi connectivity index (χ4v) is 4.50. The van der Waals surface area contributed by atoms with E-state index in [4.69, 9.17) is 17.3 Å². The van der Waals surface area contributed by atoms with Gasteiger partial charge in [0.25, 0.3) is 11.8 Å². The highest BCUT2D eigenvalue weighted by Crippen LogP contribution is 2.36. The second kappa shape index (κ2) is 6.46. The molecule has 124 valence electrons. The second-order valence-electron chi connectivity index (χ2n) is 5.00. The van der Waals surface area contributed by atoms with Crippen LogP contribution in [0.4, 0.5) is 0 Å². The van der Waals surface area contributed by atoms with Crippen molar-refractivity contribution in [1.29, 1.82) is 0 Å². The molecule has 24 heavy (non-hydrogen) atoms. The SMILES string of the molecule is O=C(O)CN1C(=O)CC(N2C(=O)C(=Cc3cccs3)SC2=S)C1=O. The van der Waals surface area contributed by atoms with Crippen LogP contribution in [0, 0.1) is 0 Å². The van der Waals surface area contributed by atoms with E-state index in [-0.39, 0.29) is 10.7 Å². The zero-order valence-corrected chi connectivity index (χ0v) is 14.4. The van der Waals surface area contributed by atoms with Gasteiger partial charge in [0.15, 0.2) is 0 Å². The molecule has 1 unspecified atom stereocenters. The maximum Gasteiger partial charge on any atom is 0.323 e. The van der Waals surface area contributed by atoms with Gasteiger partial charge in [0, 0.05) is 4.88 Å². The number of amides is 3. The molecule has 0 radical (unpaired) electrons. The fourth-order valence-electron chi connectivity index (χ4n) is 2.42. The van der Waals surface area contributed by atoms with E-state index >= 15 is 0 Å². The lowest BCUT2D eigenvalue weighted by Gasteiger charge is -2.20. The van der Waals surface area contributed by atoms with Crippen LogP contribution in [0.2, 0.25) is 0 Å². The third-order valence-corrected chi connectivity index (χ3v) is 5.61. The van der Waals surface area contributed by atoms with Crippen LogP contribution >= 0.6 is 35.3 Å². The summed E-state index contributed by atoms with van der Waals surface area (Å²) in [6.45, 7) is -0.714. The maximum atomic E-state index is 12.6. The quantitative estimate of drug-likeness (QED) is 0.474. The van der Waals surface area contributed by atoms with Crippen LogP contribution in [0.3, 0.4) is 0 Å². The third kappa shape index (κ3) is 2.99. The highest BCUT2D eigenvalue weighted by atomic mass is 32.2. The van der Waals surface area contributed by atoms with Crippen molar-refractivity contribution in [3.05, 3.63) is 27.3 Å². The molecule has 3 heterocycles. The molecule has 1 atom stereocenters. The summed E-state index contributed by atoms with van der Waals surface area (Å²) in [6, 6.07) is 2.62. The lowest BCUT2D eigenvalue weighted by atomic mass is 10.2. The Morgan fingerprint density at radius 1 is 1.42 bits per heavy atom. The van der Waals surface area contributed by atoms with E-state index in [0.29, 0.717) is 9.81 Å². The molecule has 2 aliphatic rings. The van der Waals surface area contributed by atoms with Gasteiger partial charge in [-0.05, 0) is 17.5 Å². The van der Waals surface area contributed by atoms with Crippen LogP contribution in [0.15, 0.2) is 22.4 Å². The number of likely N-dealkylation sites (tertiary alicyclic amines) is 1. The van der Waals surface area contributed by atoms with Crippen LogP contribution < -0.4 is 0 Å². The van der Waals surface area contributed by atoms with Crippen molar-refractivity contribution >= 4 is 69.4 Å². The van der Waals surface area contributed by atoms with Gasteiger partial charge in [0.1, 0.15) is 16.9 Å². The Morgan fingerprint density at radius 2 is 2.17 bits per heavy atom. The van der Waals surface area contributed by atoms with Crippen molar-refractivity contribution < 1.29 is 24.3 Å². The lowest BCUT2D eigenvalue weighted by Crippen LogP contribution is -2.45. The number of carbonyl (C=O) groups is 4. The maximum absolute atomic E-state index is 12.6. The molecule has 10 heteroatoms. The van der Waals surface area contributed by atoms with Gasteiger partial charge in [-0.15, -0.1) is 11.3 Å². The number of hydrogen-bond acceptors (Lipinski definition) is 7. The summed E-state index contributed by atoms with van der Waals surface area (Å²) < 4.78 is 0.186. The Labute approximate surface area is 149 Å². The van der Waals surface area contributed by atoms with E-state index in [1.165, 1.54) is 11.3 Å². The number of imide groups is 1. The molecule has 2 aliphatic heterocycles. The number of carboxylic acid groups (broad SMARTS) is 1. The van der Waals surface area contributed by atoms with Gasteiger partial charge < -0.3 is 5.11 Å². The summed E-state index contributed by atoms with van der Waals surface area (Å²) in [5.41, 5.74) is 0. The minimum Gasteiger partial charge on any atom is -0.480 e. The molecule has 0 aromatic carbocycles. The second-order valence-corrected chi connectivity index (χ2v) is 7.65. The molecule has 0 spiro atoms. The topological polar surface area (TPSA) is 95.0 Å². The van der Waals surface area contributed by atoms with E-state index in [0.717, 1.165) is 21.5 Å². The summed E-state index contributed by atoms with van der Waals surface area (Å²) in [7, 11) is 0. The van der Waals surface area contributed by atoms with Crippen LogP contribution in [0.25, 0.3) is 6.08 Å². The standard InChI is InChI=1S/C14H10N2O5S3/c17-10-5-8(12(20)15(10)6-11(18)19)16-13(21)9(24-14(16)22)4-7-2-1-3-23-7/h1-4,8H,5-6H2,(H,18,19). The van der Waals surface area contributed by atoms with Gasteiger partial charge in [-0.3, -0.25) is 29.0 Å². The predicted molar refractivity (Wildman–Crippen MR) is 92.1 cm³/mol. The first-order chi connectivity index (χ1) is 11.4. The number of rotatable bonds is 4. The van der Waals surface area contributed by atoms with E-state index in [2.05, 4.69) is 0 Å². The molecule has 0 bridgehead atoms. The summed E-state index contributed by atoms with van der Waals surface area (Å²) in [4.78, 5) is 50.5. The van der Waals surface area contributed by atoms with E-state index in [1.807, 2.05) is 17.5 Å². The van der Waals surface area contributed by atoms with Crippen molar-refractivity contribution in [2.75, 3.05) is 6.54 Å². The molecule has 3 rings (SSSR count). The van der Waals surface area contributed by atoms with E-state index in [1.54, 1.807) is 6.08 Å². The van der Waals surface area contributed by atoms with Crippen LogP contribution in [-0.2, 0) is 19.2 Å². The number of thiocarbonyl (C=S) groups is 1. The molecule has 1 N–H and O–H groups in total. The van der Waals surface area contributed by atoms with Crippen molar-refractivity contribution in [2.24, 2.45) is 0 Å². The van der Waals surface area contributed by atoms with Gasteiger partial charge in [0.2, 0.25) is 5.91 Å². The molecule has 1 aromatic rings. The summed E-state index contributed by atoms with van der Waals surface area (Å²) in [5, 5.41) is 10.7. The van der Waals surface area contributed by atoms with Crippen LogP contribution in [0.1, 0.15) is 11.3 Å². The average molecular weight is 382 g/mol. The summed E-state index contributed by atoms with van der Waals surface area (Å²) >= 11 is 7.70. The first-order valence-corrected chi connectivity index (χ1v) is 8.85. The van der Waals surface area contributed by atoms with Crippen molar-refractivity contribution in [3.8, 4) is 0 Å². The number of nitrogens with zero attached hydrogens (tertiary/aromatic N) is 2. The third-order valence-electron chi connectivity index (χ3n) is 3.47. The van der Waals surface area contributed by atoms with Gasteiger partial charge in [0.05, 0.1) is 11.3 Å². The van der Waals surface area contributed by atoms with Gasteiger partial charge in [-0.2, -0.15) is 0 Å². The van der Waals surface area contributed by atoms with Crippen molar-refractivity contribution in [3.63, 3.8) is 0 Å². The highest BCUT2D eigenvalue weighted by molar-refractivity contribution is 8.26. The first-order valence-electron chi connectivity index (χ1n) is 6.75. The van der Waals surface area contributed by atoms with Crippen LogP contribution in [-0.4, -0.2) is 55.5 Å². The largest absolute Gasteiger partial charge is 0.480 e. The normalized spacial score (nSPS) is 23.0. The number of aliphatic carboxylic acids is 1. The number of hydrogen-bond donors (Lipinski definition) is 1. The molecule has 1 aromatic heterocycles. The molecule has 2 fully saturated rings. The zero-order chi connectivity index (χ0) is 17.4. The number of thiophene rings is 1. The van der Waals surface area contributed by atoms with Crippen molar-refractivity contribution in [2.45, 2.75) is 12.5 Å². The fraction of sp³-hybridized carbons (Fsp3) is 0.214. The Hall–Kier alpha value is -2.04. The first kappa shape index (κ1) is 16.8. The molecule has 0 aliphatic carbocycles. The molecular weight excluding hydrogens is 372 g/mol. The van der Waals surface area contributed by atoms with Gasteiger partial charge in [-0.1, -0.05) is 30.0 Å². The Kier molecular flexibility index (Phi) is 4.52. The van der Waals surface area contributed by atoms with Gasteiger partial charge in [-0.25, -0.2) is 0 Å². The monoisotopic (exact) mass is 382 g/mol. The minimum atomic E-state index is -1.29. The molecule has 2 saturated heterocycles. The zero-order valence-electron chi connectivity index (χ0n) is 12.0. The average Bonchev–Trinajstić information content (AvgIpc) is 3.17. The van der Waals surface area contributed by atoms with E-state index < -0.39 is 36.3 Å². The molecular formula is C14H10N2O5S3. The summed E-state index contributed by atoms with van der Waals surface area (Å²) in [6.07, 6.45) is 1.42. The van der Waals surface area contributed by atoms with Gasteiger partial charge >= 0.3 is 5.97 Å². The number of carboxylic acids is 1. The molecule has 3 amide bonds. The predicted octanol–water partition coefficient (Wildman–Crippen LogP) is 1.16. The lowest BCUT2D eigenvalue weighted by molar-refractivity contribution is -0.149. The Bertz CT molecular complexity index is 786. The smallest absolute Gasteiger partial charge is 0.323 e. The molecule has 0 saturated carbocycles. The van der Waals surface area contributed by atoms with Crippen molar-refractivity contribution in [1.82, 2.24) is 9.80 Å². The minimum absolute atomic E-state index is 0.186. The van der Waals surface area contributed by atoms with Crippen LogP contribution in [0.5, 0.6) is 0 Å². The Morgan fingerprint density at radius 3 is 2.79 bits per heavy atom. The Balaban J connectivity index is 1.84. The molecule has 7 nitrogen and oxygen atoms in total. The number of carbonyl (C=O) groups excluding carboxylic acids is 3. The van der Waals surface area contributed by atoms with E-state index in [9.17, 15) is 19.2 Å². The number of thioether (sulfide) groups is 1. The summed E-state index contributed by atoms with van der Waals surface area (Å²) in [5.74, 6) is -3.07. The highest BCUT2D eigenvalue weighted by Gasteiger charge is 2.48.